The molecule has 8 atom stereocenters. The van der Waals surface area contributed by atoms with Crippen molar-refractivity contribution in [3.05, 3.63) is 12.2 Å². The number of ketones is 1. The lowest BCUT2D eigenvalue weighted by Gasteiger charge is -2.66. The second-order valence-electron chi connectivity index (χ2n) is 10.2. The molecule has 0 aromatic heterocycles. The van der Waals surface area contributed by atoms with E-state index in [1.54, 1.807) is 0 Å². The molecule has 6 nitrogen and oxygen atoms in total. The summed E-state index contributed by atoms with van der Waals surface area (Å²) >= 11 is 0. The Labute approximate surface area is 166 Å². The number of fused-ring (bicyclic) bond motifs is 3. The van der Waals surface area contributed by atoms with Crippen molar-refractivity contribution in [2.24, 2.45) is 34.0 Å². The van der Waals surface area contributed by atoms with Crippen LogP contribution < -0.4 is 0 Å². The van der Waals surface area contributed by atoms with Crippen LogP contribution in [0.3, 0.4) is 0 Å². The molecule has 4 aliphatic carbocycles. The van der Waals surface area contributed by atoms with Crippen molar-refractivity contribution >= 4 is 11.8 Å². The van der Waals surface area contributed by atoms with E-state index in [2.05, 4.69) is 20.4 Å². The van der Waals surface area contributed by atoms with E-state index < -0.39 is 46.9 Å². The van der Waals surface area contributed by atoms with Crippen LogP contribution in [0.15, 0.2) is 12.2 Å². The minimum Gasteiger partial charge on any atom is -0.462 e. The number of aliphatic hydroxyl groups is 3. The molecule has 0 saturated heterocycles. The molecule has 1 spiro atoms. The minimum atomic E-state index is -1.45. The standard InChI is InChI=1S/C22H32O6/c1-11-13-8-14(28-12(2)24)17-21(10-23)7-5-6-20(3,4)15(21)9-16(25)22(17,18(11)26)19(13)27/h13-17,19,23,25,27H,1,5-10H2,2-4H3/t13-,14-,15+,16+,17-,19+,21-,22?/m0/s1. The molecule has 0 amide bonds. The zero-order valence-corrected chi connectivity index (χ0v) is 17.0. The first-order valence-corrected chi connectivity index (χ1v) is 10.4. The maximum Gasteiger partial charge on any atom is 0.302 e. The molecule has 0 aromatic carbocycles. The van der Waals surface area contributed by atoms with Crippen molar-refractivity contribution in [3.63, 3.8) is 0 Å². The number of carbonyl (C=O) groups is 2. The quantitative estimate of drug-likeness (QED) is 0.487. The van der Waals surface area contributed by atoms with Crippen molar-refractivity contribution in [1.82, 2.24) is 0 Å². The topological polar surface area (TPSA) is 104 Å². The van der Waals surface area contributed by atoms with Crippen molar-refractivity contribution in [3.8, 4) is 0 Å². The summed E-state index contributed by atoms with van der Waals surface area (Å²) in [6.45, 7) is 9.39. The Bertz CT molecular complexity index is 729. The molecule has 4 rings (SSSR count). The highest BCUT2D eigenvalue weighted by molar-refractivity contribution is 6.04. The zero-order chi connectivity index (χ0) is 20.6. The van der Waals surface area contributed by atoms with E-state index in [0.29, 0.717) is 24.8 Å². The Hall–Kier alpha value is -1.24. The molecule has 156 valence electrons. The number of ether oxygens (including phenoxy) is 1. The Morgan fingerprint density at radius 3 is 2.54 bits per heavy atom. The van der Waals surface area contributed by atoms with E-state index in [0.717, 1.165) is 12.8 Å². The Morgan fingerprint density at radius 1 is 1.25 bits per heavy atom. The van der Waals surface area contributed by atoms with Crippen LogP contribution in [0, 0.1) is 34.0 Å². The van der Waals surface area contributed by atoms with E-state index in [1.165, 1.54) is 6.92 Å². The van der Waals surface area contributed by atoms with E-state index in [9.17, 15) is 24.9 Å². The van der Waals surface area contributed by atoms with Gasteiger partial charge in [-0.1, -0.05) is 26.8 Å². The molecule has 3 N–H and O–H groups in total. The van der Waals surface area contributed by atoms with Crippen LogP contribution in [0.1, 0.15) is 52.9 Å². The predicted molar refractivity (Wildman–Crippen MR) is 101 cm³/mol. The summed E-state index contributed by atoms with van der Waals surface area (Å²) in [5.74, 6) is -1.94. The summed E-state index contributed by atoms with van der Waals surface area (Å²) < 4.78 is 5.71. The van der Waals surface area contributed by atoms with Gasteiger partial charge in [0.25, 0.3) is 0 Å². The molecule has 6 heteroatoms. The van der Waals surface area contributed by atoms with Gasteiger partial charge in [-0.05, 0) is 42.6 Å². The normalized spacial score (nSPS) is 49.4. The number of hydrogen-bond donors (Lipinski definition) is 3. The predicted octanol–water partition coefficient (Wildman–Crippen LogP) is 1.61. The maximum atomic E-state index is 13.4. The molecule has 28 heavy (non-hydrogen) atoms. The molecule has 4 fully saturated rings. The fraction of sp³-hybridized carbons (Fsp3) is 0.818. The van der Waals surface area contributed by atoms with Gasteiger partial charge >= 0.3 is 5.97 Å². The molecule has 0 aromatic rings. The summed E-state index contributed by atoms with van der Waals surface area (Å²) in [5.41, 5.74) is -1.96. The largest absolute Gasteiger partial charge is 0.462 e. The van der Waals surface area contributed by atoms with E-state index in [1.807, 2.05) is 0 Å². The van der Waals surface area contributed by atoms with Crippen LogP contribution in [0.25, 0.3) is 0 Å². The average molecular weight is 392 g/mol. The third-order valence-electron chi connectivity index (χ3n) is 8.72. The van der Waals surface area contributed by atoms with Crippen LogP contribution in [0.5, 0.6) is 0 Å². The van der Waals surface area contributed by atoms with Gasteiger partial charge in [-0.15, -0.1) is 0 Å². The van der Waals surface area contributed by atoms with Crippen LogP contribution in [-0.4, -0.2) is 52.0 Å². The number of carbonyl (C=O) groups excluding carboxylic acids is 2. The number of Topliss-reactive ketones (excluding diaryl/α,β-unsaturated/α-hetero) is 1. The van der Waals surface area contributed by atoms with Gasteiger partial charge in [0.15, 0.2) is 5.78 Å². The highest BCUT2D eigenvalue weighted by Gasteiger charge is 2.77. The van der Waals surface area contributed by atoms with Gasteiger partial charge in [0.1, 0.15) is 6.10 Å². The molecule has 0 aliphatic heterocycles. The van der Waals surface area contributed by atoms with Gasteiger partial charge in [0.2, 0.25) is 0 Å². The Kier molecular flexibility index (Phi) is 4.39. The van der Waals surface area contributed by atoms with Gasteiger partial charge < -0.3 is 20.1 Å². The molecule has 0 heterocycles. The lowest BCUT2D eigenvalue weighted by Crippen LogP contribution is -2.72. The molecule has 2 bridgehead atoms. The number of hydrogen-bond acceptors (Lipinski definition) is 6. The number of esters is 1. The van der Waals surface area contributed by atoms with Crippen molar-refractivity contribution < 1.29 is 29.6 Å². The van der Waals surface area contributed by atoms with E-state index >= 15 is 0 Å². The minimum absolute atomic E-state index is 0.0344. The summed E-state index contributed by atoms with van der Waals surface area (Å²) in [6, 6.07) is 0. The lowest BCUT2D eigenvalue weighted by molar-refractivity contribution is -0.266. The third-order valence-corrected chi connectivity index (χ3v) is 8.72. The van der Waals surface area contributed by atoms with E-state index in [4.69, 9.17) is 4.74 Å². The number of aliphatic hydroxyl groups excluding tert-OH is 3. The van der Waals surface area contributed by atoms with Crippen molar-refractivity contribution in [2.45, 2.75) is 71.2 Å². The lowest BCUT2D eigenvalue weighted by atomic mass is 9.39. The highest BCUT2D eigenvalue weighted by atomic mass is 16.5. The van der Waals surface area contributed by atoms with Gasteiger partial charge in [-0.25, -0.2) is 0 Å². The molecule has 0 radical (unpaired) electrons. The fourth-order valence-electron chi connectivity index (χ4n) is 7.76. The molecular formula is C22H32O6. The molecule has 4 saturated carbocycles. The van der Waals surface area contributed by atoms with Gasteiger partial charge in [-0.2, -0.15) is 0 Å². The summed E-state index contributed by atoms with van der Waals surface area (Å²) in [6.07, 6.45) is 0.442. The zero-order valence-electron chi connectivity index (χ0n) is 17.0. The second-order valence-corrected chi connectivity index (χ2v) is 10.2. The third kappa shape index (κ3) is 2.20. The first-order chi connectivity index (χ1) is 13.0. The Morgan fingerprint density at radius 2 is 1.93 bits per heavy atom. The molecular weight excluding hydrogens is 360 g/mol. The van der Waals surface area contributed by atoms with Crippen LogP contribution in [0.4, 0.5) is 0 Å². The van der Waals surface area contributed by atoms with Crippen LogP contribution in [-0.2, 0) is 14.3 Å². The number of rotatable bonds is 2. The van der Waals surface area contributed by atoms with Gasteiger partial charge in [-0.3, -0.25) is 9.59 Å². The van der Waals surface area contributed by atoms with Gasteiger partial charge in [0.05, 0.1) is 17.6 Å². The summed E-state index contributed by atoms with van der Waals surface area (Å²) in [7, 11) is 0. The van der Waals surface area contributed by atoms with Crippen molar-refractivity contribution in [1.29, 1.82) is 0 Å². The molecule has 1 unspecified atom stereocenters. The van der Waals surface area contributed by atoms with Crippen LogP contribution >= 0.6 is 0 Å². The van der Waals surface area contributed by atoms with E-state index in [-0.39, 0.29) is 23.7 Å². The summed E-state index contributed by atoms with van der Waals surface area (Å²) in [4.78, 5) is 25.4. The first kappa shape index (κ1) is 20.0. The smallest absolute Gasteiger partial charge is 0.302 e. The maximum absolute atomic E-state index is 13.4. The van der Waals surface area contributed by atoms with Gasteiger partial charge in [0, 0.05) is 30.8 Å². The monoisotopic (exact) mass is 392 g/mol. The summed E-state index contributed by atoms with van der Waals surface area (Å²) in [5, 5.41) is 33.3. The highest BCUT2D eigenvalue weighted by Crippen LogP contribution is 2.71. The first-order valence-electron chi connectivity index (χ1n) is 10.4. The average Bonchev–Trinajstić information content (AvgIpc) is 2.73. The second kappa shape index (κ2) is 6.13. The fourth-order valence-corrected chi connectivity index (χ4v) is 7.76. The Balaban J connectivity index is 1.95. The van der Waals surface area contributed by atoms with Crippen LogP contribution in [0.2, 0.25) is 0 Å². The van der Waals surface area contributed by atoms with Crippen molar-refractivity contribution in [2.75, 3.05) is 6.61 Å². The SMILES string of the molecule is C=C1C(=O)C23[C@H](O)C[C@@H]4C(C)(C)CCC[C@@]4(CO)[C@@H]2[C@@H](OC(C)=O)C[C@@H]1[C@H]3O. The molecule has 4 aliphatic rings.